The third-order valence-corrected chi connectivity index (χ3v) is 2.02. The summed E-state index contributed by atoms with van der Waals surface area (Å²) in [5.41, 5.74) is 4.81. The number of halogens is 3. The van der Waals surface area contributed by atoms with E-state index in [1.165, 1.54) is 0 Å². The first-order valence-corrected chi connectivity index (χ1v) is 3.97. The standard InChI is InChI=1S/C8H8ClF2NO/c9-8-5(11)2-1-4(10)7(8)6(13)3-12/h1-2,6,13H,3,12H2/t6-/m0/s1. The van der Waals surface area contributed by atoms with Crippen molar-refractivity contribution in [3.63, 3.8) is 0 Å². The average Bonchev–Trinajstić information content (AvgIpc) is 2.12. The van der Waals surface area contributed by atoms with E-state index >= 15 is 0 Å². The predicted molar refractivity (Wildman–Crippen MR) is 45.4 cm³/mol. The minimum atomic E-state index is -1.27. The number of benzene rings is 1. The molecule has 5 heteroatoms. The van der Waals surface area contributed by atoms with Crippen LogP contribution in [0.25, 0.3) is 0 Å². The fourth-order valence-corrected chi connectivity index (χ4v) is 1.25. The van der Waals surface area contributed by atoms with Gasteiger partial charge in [-0.2, -0.15) is 0 Å². The summed E-state index contributed by atoms with van der Waals surface area (Å²) in [5.74, 6) is -1.53. The van der Waals surface area contributed by atoms with Crippen LogP contribution in [0.5, 0.6) is 0 Å². The van der Waals surface area contributed by atoms with Crippen LogP contribution < -0.4 is 5.73 Å². The highest BCUT2D eigenvalue weighted by Crippen LogP contribution is 2.27. The van der Waals surface area contributed by atoms with Crippen molar-refractivity contribution in [3.8, 4) is 0 Å². The fourth-order valence-electron chi connectivity index (χ4n) is 0.966. The van der Waals surface area contributed by atoms with Crippen LogP contribution in [0, 0.1) is 11.6 Å². The minimum Gasteiger partial charge on any atom is -0.387 e. The molecule has 13 heavy (non-hydrogen) atoms. The molecule has 1 aromatic rings. The maximum Gasteiger partial charge on any atom is 0.142 e. The van der Waals surface area contributed by atoms with Crippen LogP contribution in [0.3, 0.4) is 0 Å². The first kappa shape index (κ1) is 10.4. The second kappa shape index (κ2) is 4.00. The summed E-state index contributed by atoms with van der Waals surface area (Å²) in [5, 5.41) is 8.78. The van der Waals surface area contributed by atoms with Gasteiger partial charge in [-0.25, -0.2) is 8.78 Å². The molecule has 0 aliphatic heterocycles. The van der Waals surface area contributed by atoms with Crippen molar-refractivity contribution in [3.05, 3.63) is 34.4 Å². The molecule has 0 saturated heterocycles. The number of hydrogen-bond donors (Lipinski definition) is 2. The molecule has 0 bridgehead atoms. The lowest BCUT2D eigenvalue weighted by atomic mass is 10.1. The SMILES string of the molecule is NC[C@H](O)c1c(F)ccc(F)c1Cl. The van der Waals surface area contributed by atoms with Crippen LogP contribution in [-0.4, -0.2) is 11.7 Å². The van der Waals surface area contributed by atoms with E-state index in [9.17, 15) is 13.9 Å². The number of rotatable bonds is 2. The van der Waals surface area contributed by atoms with Crippen molar-refractivity contribution in [1.29, 1.82) is 0 Å². The molecule has 0 radical (unpaired) electrons. The van der Waals surface area contributed by atoms with Crippen molar-refractivity contribution in [2.45, 2.75) is 6.10 Å². The van der Waals surface area contributed by atoms with E-state index in [2.05, 4.69) is 0 Å². The quantitative estimate of drug-likeness (QED) is 0.724. The van der Waals surface area contributed by atoms with Crippen LogP contribution in [0.2, 0.25) is 5.02 Å². The van der Waals surface area contributed by atoms with Gasteiger partial charge in [0.25, 0.3) is 0 Å². The number of aliphatic hydroxyl groups is 1. The van der Waals surface area contributed by atoms with Crippen molar-refractivity contribution >= 4 is 11.6 Å². The van der Waals surface area contributed by atoms with E-state index in [0.29, 0.717) is 0 Å². The summed E-state index contributed by atoms with van der Waals surface area (Å²) in [7, 11) is 0. The molecule has 0 heterocycles. The summed E-state index contributed by atoms with van der Waals surface area (Å²) in [6.07, 6.45) is -1.27. The summed E-state index contributed by atoms with van der Waals surface area (Å²) in [6, 6.07) is 1.79. The summed E-state index contributed by atoms with van der Waals surface area (Å²) >= 11 is 5.44. The number of aliphatic hydroxyl groups excluding tert-OH is 1. The van der Waals surface area contributed by atoms with Crippen molar-refractivity contribution in [2.75, 3.05) is 6.54 Å². The first-order chi connectivity index (χ1) is 6.07. The molecule has 3 N–H and O–H groups in total. The Morgan fingerprint density at radius 1 is 1.38 bits per heavy atom. The highest BCUT2D eigenvalue weighted by atomic mass is 35.5. The maximum atomic E-state index is 13.0. The van der Waals surface area contributed by atoms with E-state index in [0.717, 1.165) is 12.1 Å². The Balaban J connectivity index is 3.25. The average molecular weight is 208 g/mol. The normalized spacial score (nSPS) is 13.0. The molecule has 0 unspecified atom stereocenters. The fraction of sp³-hybridized carbons (Fsp3) is 0.250. The highest BCUT2D eigenvalue weighted by Gasteiger charge is 2.18. The molecule has 0 aromatic heterocycles. The molecule has 0 aliphatic rings. The van der Waals surface area contributed by atoms with Gasteiger partial charge in [-0.15, -0.1) is 0 Å². The monoisotopic (exact) mass is 207 g/mol. The third-order valence-electron chi connectivity index (χ3n) is 1.64. The molecule has 1 aromatic carbocycles. The summed E-state index contributed by atoms with van der Waals surface area (Å²) in [4.78, 5) is 0. The van der Waals surface area contributed by atoms with Gasteiger partial charge in [0, 0.05) is 12.1 Å². The summed E-state index contributed by atoms with van der Waals surface area (Å²) in [6.45, 7) is -0.208. The van der Waals surface area contributed by atoms with E-state index in [4.69, 9.17) is 17.3 Å². The van der Waals surface area contributed by atoms with Gasteiger partial charge in [-0.1, -0.05) is 11.6 Å². The van der Waals surface area contributed by atoms with Gasteiger partial charge in [0.05, 0.1) is 11.1 Å². The van der Waals surface area contributed by atoms with Gasteiger partial charge in [0.1, 0.15) is 11.6 Å². The van der Waals surface area contributed by atoms with Crippen LogP contribution in [0.15, 0.2) is 12.1 Å². The topological polar surface area (TPSA) is 46.2 Å². The van der Waals surface area contributed by atoms with Gasteiger partial charge in [-0.3, -0.25) is 0 Å². The van der Waals surface area contributed by atoms with Gasteiger partial charge >= 0.3 is 0 Å². The molecule has 2 nitrogen and oxygen atoms in total. The zero-order valence-electron chi connectivity index (χ0n) is 6.60. The van der Waals surface area contributed by atoms with E-state index in [1.807, 2.05) is 0 Å². The highest BCUT2D eigenvalue weighted by molar-refractivity contribution is 6.31. The Labute approximate surface area is 78.9 Å². The second-order valence-electron chi connectivity index (χ2n) is 2.51. The molecule has 1 atom stereocenters. The lowest BCUT2D eigenvalue weighted by Crippen LogP contribution is -2.14. The Bertz CT molecular complexity index is 319. The van der Waals surface area contributed by atoms with Crippen molar-refractivity contribution in [2.24, 2.45) is 5.73 Å². The van der Waals surface area contributed by atoms with Crippen molar-refractivity contribution < 1.29 is 13.9 Å². The molecular formula is C8H8ClF2NO. The zero-order valence-corrected chi connectivity index (χ0v) is 7.35. The smallest absolute Gasteiger partial charge is 0.142 e. The second-order valence-corrected chi connectivity index (χ2v) is 2.89. The Kier molecular flexibility index (Phi) is 3.19. The third kappa shape index (κ3) is 1.96. The number of hydrogen-bond acceptors (Lipinski definition) is 2. The maximum absolute atomic E-state index is 13.0. The number of nitrogens with two attached hydrogens (primary N) is 1. The largest absolute Gasteiger partial charge is 0.387 e. The lowest BCUT2D eigenvalue weighted by molar-refractivity contribution is 0.181. The lowest BCUT2D eigenvalue weighted by Gasteiger charge is -2.11. The van der Waals surface area contributed by atoms with E-state index < -0.39 is 22.8 Å². The molecule has 72 valence electrons. The van der Waals surface area contributed by atoms with Gasteiger partial charge < -0.3 is 10.8 Å². The molecule has 1 rings (SSSR count). The Morgan fingerprint density at radius 2 is 1.92 bits per heavy atom. The Hall–Kier alpha value is -0.710. The predicted octanol–water partition coefficient (Wildman–Crippen LogP) is 1.61. The van der Waals surface area contributed by atoms with Crippen LogP contribution in [0.4, 0.5) is 8.78 Å². The summed E-state index contributed by atoms with van der Waals surface area (Å²) < 4.78 is 25.8. The zero-order chi connectivity index (χ0) is 10.0. The van der Waals surface area contributed by atoms with Gasteiger partial charge in [0.2, 0.25) is 0 Å². The van der Waals surface area contributed by atoms with Crippen LogP contribution in [-0.2, 0) is 0 Å². The van der Waals surface area contributed by atoms with Crippen molar-refractivity contribution in [1.82, 2.24) is 0 Å². The Morgan fingerprint density at radius 3 is 2.46 bits per heavy atom. The van der Waals surface area contributed by atoms with E-state index in [1.54, 1.807) is 0 Å². The molecule has 0 saturated carbocycles. The minimum absolute atomic E-state index is 0.208. The molecular weight excluding hydrogens is 200 g/mol. The van der Waals surface area contributed by atoms with E-state index in [-0.39, 0.29) is 12.1 Å². The van der Waals surface area contributed by atoms with Gasteiger partial charge in [-0.05, 0) is 12.1 Å². The first-order valence-electron chi connectivity index (χ1n) is 3.59. The van der Waals surface area contributed by atoms with Gasteiger partial charge in [0.15, 0.2) is 0 Å². The molecule has 0 aliphatic carbocycles. The molecule has 0 spiro atoms. The molecule has 0 amide bonds. The van der Waals surface area contributed by atoms with Crippen LogP contribution >= 0.6 is 11.6 Å². The molecule has 0 fully saturated rings. The van der Waals surface area contributed by atoms with Crippen LogP contribution in [0.1, 0.15) is 11.7 Å².